The molecule has 0 amide bonds. The highest BCUT2D eigenvalue weighted by Crippen LogP contribution is 2.64. The maximum Gasteiger partial charge on any atom is 0.164 e. The number of hydrogen-bond acceptors (Lipinski definition) is 3. The van der Waals surface area contributed by atoms with Crippen LogP contribution in [0.2, 0.25) is 0 Å². The predicted octanol–water partition coefficient (Wildman–Crippen LogP) is 14.6. The Morgan fingerprint density at radius 2 is 0.831 bits per heavy atom. The first-order chi connectivity index (χ1) is 32.0. The number of para-hydroxylation sites is 1. The molecule has 0 saturated carbocycles. The van der Waals surface area contributed by atoms with Gasteiger partial charge in [0.2, 0.25) is 0 Å². The molecule has 0 fully saturated rings. The Hall–Kier alpha value is -8.21. The lowest BCUT2D eigenvalue weighted by Gasteiger charge is -2.31. The van der Waals surface area contributed by atoms with Gasteiger partial charge in [-0.2, -0.15) is 0 Å². The summed E-state index contributed by atoms with van der Waals surface area (Å²) in [4.78, 5) is 16.3. The Morgan fingerprint density at radius 1 is 0.338 bits per heavy atom. The number of nitrogens with zero attached hydrogens (tertiary/aromatic N) is 4. The average molecular weight is 829 g/mol. The molecule has 3 aliphatic rings. The molecule has 3 aliphatic carbocycles. The molecule has 304 valence electrons. The van der Waals surface area contributed by atoms with Crippen LogP contribution in [-0.4, -0.2) is 19.5 Å². The molecule has 0 N–H and O–H groups in total. The van der Waals surface area contributed by atoms with Gasteiger partial charge in [0.1, 0.15) is 0 Å². The van der Waals surface area contributed by atoms with E-state index in [-0.39, 0.29) is 5.41 Å². The monoisotopic (exact) mass is 828 g/mol. The topological polar surface area (TPSA) is 43.6 Å². The Kier molecular flexibility index (Phi) is 7.35. The number of aromatic nitrogens is 4. The lowest BCUT2D eigenvalue weighted by Crippen LogP contribution is -2.26. The molecule has 2 aromatic heterocycles. The van der Waals surface area contributed by atoms with E-state index in [9.17, 15) is 0 Å². The van der Waals surface area contributed by atoms with Crippen LogP contribution in [0.1, 0.15) is 47.2 Å². The summed E-state index contributed by atoms with van der Waals surface area (Å²) in [7, 11) is 0. The smallest absolute Gasteiger partial charge is 0.164 e. The van der Waals surface area contributed by atoms with Gasteiger partial charge in [0.25, 0.3) is 0 Å². The van der Waals surface area contributed by atoms with Gasteiger partial charge in [0.15, 0.2) is 17.5 Å². The minimum atomic E-state index is -0.555. The second kappa shape index (κ2) is 13.2. The van der Waals surface area contributed by atoms with Gasteiger partial charge < -0.3 is 4.57 Å². The highest BCUT2D eigenvalue weighted by Gasteiger charge is 2.53. The van der Waals surface area contributed by atoms with Crippen LogP contribution in [0.4, 0.5) is 0 Å². The van der Waals surface area contributed by atoms with Crippen LogP contribution in [0.25, 0.3) is 95.0 Å². The molecule has 0 radical (unpaired) electrons. The molecule has 0 atom stereocenters. The van der Waals surface area contributed by atoms with Crippen molar-refractivity contribution in [1.29, 1.82) is 0 Å². The third-order valence-corrected chi connectivity index (χ3v) is 14.7. The van der Waals surface area contributed by atoms with Gasteiger partial charge >= 0.3 is 0 Å². The molecule has 0 unspecified atom stereocenters. The molecule has 11 aromatic rings. The van der Waals surface area contributed by atoms with Crippen LogP contribution >= 0.6 is 0 Å². The van der Waals surface area contributed by atoms with E-state index in [0.717, 1.165) is 33.3 Å². The summed E-state index contributed by atoms with van der Waals surface area (Å²) >= 11 is 0. The van der Waals surface area contributed by atoms with E-state index in [1.54, 1.807) is 0 Å². The summed E-state index contributed by atoms with van der Waals surface area (Å²) in [5, 5.41) is 2.36. The van der Waals surface area contributed by atoms with Crippen molar-refractivity contribution in [3.63, 3.8) is 0 Å². The van der Waals surface area contributed by atoms with E-state index in [1.165, 1.54) is 77.7 Å². The molecule has 65 heavy (non-hydrogen) atoms. The zero-order valence-electron chi connectivity index (χ0n) is 35.9. The fraction of sp³-hybridized carbons (Fsp3) is 0.0656. The van der Waals surface area contributed by atoms with Gasteiger partial charge in [-0.25, -0.2) is 15.0 Å². The van der Waals surface area contributed by atoms with E-state index in [1.807, 2.05) is 6.07 Å². The van der Waals surface area contributed by atoms with Gasteiger partial charge in [0, 0.05) is 38.6 Å². The normalized spacial score (nSPS) is 14.2. The molecular formula is C61H40N4. The molecule has 0 bridgehead atoms. The van der Waals surface area contributed by atoms with Gasteiger partial charge in [-0.3, -0.25) is 0 Å². The Morgan fingerprint density at radius 3 is 1.49 bits per heavy atom. The number of benzene rings is 9. The number of fused-ring (bicyclic) bond motifs is 16. The van der Waals surface area contributed by atoms with Gasteiger partial charge in [-0.15, -0.1) is 0 Å². The summed E-state index contributed by atoms with van der Waals surface area (Å²) in [6, 6.07) is 75.1. The maximum atomic E-state index is 5.54. The molecule has 0 aliphatic heterocycles. The minimum absolute atomic E-state index is 0.126. The first kappa shape index (κ1) is 36.3. The van der Waals surface area contributed by atoms with Crippen molar-refractivity contribution < 1.29 is 0 Å². The molecule has 1 spiro atoms. The first-order valence-electron chi connectivity index (χ1n) is 22.5. The highest BCUT2D eigenvalue weighted by molar-refractivity contribution is 6.12. The molecule has 0 saturated heterocycles. The standard InChI is InChI=1S/C61H40N4/c1-60(2)49-28-13-9-25-43(49)46-35-48-47-34-38(32-33-54(47)65(55(48)36-53(46)60)39-20-7-4-8-21-39)58-62-57(37-18-5-3-6-19-37)63-59(64-58)45-27-17-26-44-42-24-12-16-31-52(42)61(56(44)45)50-29-14-10-22-40(50)41-23-11-15-30-51(41)61/h3-36H,1-2H3. The van der Waals surface area contributed by atoms with Gasteiger partial charge in [-0.1, -0.05) is 178 Å². The van der Waals surface area contributed by atoms with E-state index < -0.39 is 5.41 Å². The van der Waals surface area contributed by atoms with Crippen LogP contribution in [0.5, 0.6) is 0 Å². The lowest BCUT2D eigenvalue weighted by atomic mass is 9.69. The second-order valence-corrected chi connectivity index (χ2v) is 18.3. The summed E-state index contributed by atoms with van der Waals surface area (Å²) in [5.74, 6) is 1.94. The summed E-state index contributed by atoms with van der Waals surface area (Å²) < 4.78 is 2.42. The quantitative estimate of drug-likeness (QED) is 0.177. The van der Waals surface area contributed by atoms with Crippen molar-refractivity contribution in [2.24, 2.45) is 0 Å². The molecule has 9 aromatic carbocycles. The van der Waals surface area contributed by atoms with Crippen molar-refractivity contribution in [3.8, 4) is 73.2 Å². The fourth-order valence-corrected chi connectivity index (χ4v) is 11.9. The Balaban J connectivity index is 1.04. The molecule has 4 nitrogen and oxygen atoms in total. The zero-order chi connectivity index (χ0) is 43.0. The fourth-order valence-electron chi connectivity index (χ4n) is 11.9. The summed E-state index contributed by atoms with van der Waals surface area (Å²) in [6.45, 7) is 4.71. The van der Waals surface area contributed by atoms with Gasteiger partial charge in [0.05, 0.1) is 16.4 Å². The van der Waals surface area contributed by atoms with Crippen LogP contribution in [0.3, 0.4) is 0 Å². The summed E-state index contributed by atoms with van der Waals surface area (Å²) in [5.41, 5.74) is 21.0. The lowest BCUT2D eigenvalue weighted by molar-refractivity contribution is 0.661. The summed E-state index contributed by atoms with van der Waals surface area (Å²) in [6.07, 6.45) is 0. The first-order valence-corrected chi connectivity index (χ1v) is 22.5. The van der Waals surface area contributed by atoms with Crippen molar-refractivity contribution in [2.45, 2.75) is 24.7 Å². The Labute approximate surface area is 377 Å². The number of rotatable bonds is 4. The van der Waals surface area contributed by atoms with E-state index in [0.29, 0.717) is 17.5 Å². The zero-order valence-corrected chi connectivity index (χ0v) is 35.9. The minimum Gasteiger partial charge on any atom is -0.309 e. The van der Waals surface area contributed by atoms with Crippen LogP contribution in [0, 0.1) is 0 Å². The predicted molar refractivity (Wildman–Crippen MR) is 264 cm³/mol. The highest BCUT2D eigenvalue weighted by atomic mass is 15.0. The van der Waals surface area contributed by atoms with E-state index >= 15 is 0 Å². The van der Waals surface area contributed by atoms with Crippen LogP contribution < -0.4 is 0 Å². The maximum absolute atomic E-state index is 5.54. The van der Waals surface area contributed by atoms with Crippen molar-refractivity contribution in [3.05, 3.63) is 240 Å². The third kappa shape index (κ3) is 4.83. The number of hydrogen-bond donors (Lipinski definition) is 0. The SMILES string of the molecule is CC1(C)c2ccccc2-c2cc3c4cc(-c5nc(-c6ccccc6)nc(-c6cccc7c6C6(c8ccccc8-c8ccccc86)c6ccccc6-7)n5)ccc4n(-c4ccccc4)c3cc21. The molecular weight excluding hydrogens is 789 g/mol. The molecule has 14 rings (SSSR count). The van der Waals surface area contributed by atoms with Crippen LogP contribution in [0.15, 0.2) is 206 Å². The van der Waals surface area contributed by atoms with E-state index in [4.69, 9.17) is 15.0 Å². The molecule has 4 heteroatoms. The third-order valence-electron chi connectivity index (χ3n) is 14.7. The molecule has 2 heterocycles. The second-order valence-electron chi connectivity index (χ2n) is 18.3. The van der Waals surface area contributed by atoms with Gasteiger partial charge in [-0.05, 0) is 109 Å². The van der Waals surface area contributed by atoms with Crippen molar-refractivity contribution in [2.75, 3.05) is 0 Å². The van der Waals surface area contributed by atoms with E-state index in [2.05, 4.69) is 219 Å². The Bertz CT molecular complexity index is 3740. The van der Waals surface area contributed by atoms with Crippen molar-refractivity contribution in [1.82, 2.24) is 19.5 Å². The van der Waals surface area contributed by atoms with Crippen LogP contribution in [-0.2, 0) is 10.8 Å². The average Bonchev–Trinajstić information content (AvgIpc) is 4.03. The largest absolute Gasteiger partial charge is 0.309 e. The van der Waals surface area contributed by atoms with Crippen molar-refractivity contribution >= 4 is 21.8 Å².